The number of phenols is 1. The van der Waals surface area contributed by atoms with E-state index in [0.29, 0.717) is 6.54 Å². The van der Waals surface area contributed by atoms with Gasteiger partial charge in [-0.1, -0.05) is 42.5 Å². The zero-order valence-electron chi connectivity index (χ0n) is 14.7. The standard InChI is InChI=1S/C20H24N4O2/c25-19-8-4-7-18(13-19)14-21-22-20(26)16-24-11-9-23(10-12-24)15-17-5-2-1-3-6-17/h1-8,13-14,25H,9-12,15-16H2,(H,22,26)/b21-14+. The zero-order valence-corrected chi connectivity index (χ0v) is 14.7. The van der Waals surface area contributed by atoms with E-state index in [4.69, 9.17) is 0 Å². The molecular formula is C20H24N4O2. The predicted octanol–water partition coefficient (Wildman–Crippen LogP) is 1.66. The van der Waals surface area contributed by atoms with Gasteiger partial charge in [-0.15, -0.1) is 0 Å². The summed E-state index contributed by atoms with van der Waals surface area (Å²) in [6, 6.07) is 17.2. The summed E-state index contributed by atoms with van der Waals surface area (Å²) in [5.74, 6) is 0.0477. The number of amides is 1. The first-order chi connectivity index (χ1) is 12.7. The Balaban J connectivity index is 1.38. The summed E-state index contributed by atoms with van der Waals surface area (Å²) >= 11 is 0. The van der Waals surface area contributed by atoms with Crippen LogP contribution in [0.25, 0.3) is 0 Å². The van der Waals surface area contributed by atoms with E-state index in [0.717, 1.165) is 38.3 Å². The van der Waals surface area contributed by atoms with Crippen molar-refractivity contribution >= 4 is 12.1 Å². The Kier molecular flexibility index (Phi) is 6.35. The van der Waals surface area contributed by atoms with Crippen molar-refractivity contribution in [3.8, 4) is 5.75 Å². The number of phenolic OH excluding ortho intramolecular Hbond substituents is 1. The fourth-order valence-corrected chi connectivity index (χ4v) is 2.97. The molecule has 0 bridgehead atoms. The van der Waals surface area contributed by atoms with E-state index in [-0.39, 0.29) is 11.7 Å². The summed E-state index contributed by atoms with van der Waals surface area (Å²) in [4.78, 5) is 16.6. The number of hydrogen-bond acceptors (Lipinski definition) is 5. The predicted molar refractivity (Wildman–Crippen MR) is 102 cm³/mol. The molecular weight excluding hydrogens is 328 g/mol. The van der Waals surface area contributed by atoms with Crippen molar-refractivity contribution in [2.24, 2.45) is 5.10 Å². The molecule has 0 unspecified atom stereocenters. The van der Waals surface area contributed by atoms with Crippen LogP contribution in [0.1, 0.15) is 11.1 Å². The third kappa shape index (κ3) is 5.68. The first kappa shape index (κ1) is 18.1. The number of benzene rings is 2. The van der Waals surface area contributed by atoms with Crippen LogP contribution in [0.2, 0.25) is 0 Å². The molecule has 1 aliphatic heterocycles. The Morgan fingerprint density at radius 3 is 2.50 bits per heavy atom. The van der Waals surface area contributed by atoms with Gasteiger partial charge in [-0.05, 0) is 23.3 Å². The summed E-state index contributed by atoms with van der Waals surface area (Å²) in [5, 5.41) is 13.3. The third-order valence-corrected chi connectivity index (χ3v) is 4.35. The fourth-order valence-electron chi connectivity index (χ4n) is 2.97. The molecule has 26 heavy (non-hydrogen) atoms. The summed E-state index contributed by atoms with van der Waals surface area (Å²) in [6.07, 6.45) is 1.52. The molecule has 1 aliphatic rings. The van der Waals surface area contributed by atoms with Crippen LogP contribution in [0.3, 0.4) is 0 Å². The molecule has 0 atom stereocenters. The van der Waals surface area contributed by atoms with Crippen molar-refractivity contribution in [1.29, 1.82) is 0 Å². The maximum Gasteiger partial charge on any atom is 0.254 e. The van der Waals surface area contributed by atoms with Gasteiger partial charge in [0.1, 0.15) is 5.75 Å². The minimum Gasteiger partial charge on any atom is -0.508 e. The van der Waals surface area contributed by atoms with Crippen LogP contribution >= 0.6 is 0 Å². The first-order valence-electron chi connectivity index (χ1n) is 8.78. The minimum absolute atomic E-state index is 0.127. The lowest BCUT2D eigenvalue weighted by atomic mass is 10.2. The lowest BCUT2D eigenvalue weighted by Crippen LogP contribution is -2.48. The molecule has 2 aromatic rings. The maximum atomic E-state index is 12.0. The van der Waals surface area contributed by atoms with Gasteiger partial charge in [-0.3, -0.25) is 14.6 Å². The van der Waals surface area contributed by atoms with E-state index >= 15 is 0 Å². The number of aromatic hydroxyl groups is 1. The molecule has 0 aromatic heterocycles. The van der Waals surface area contributed by atoms with E-state index in [1.165, 1.54) is 11.8 Å². The van der Waals surface area contributed by atoms with E-state index in [1.807, 2.05) is 6.07 Å². The second-order valence-electron chi connectivity index (χ2n) is 6.43. The van der Waals surface area contributed by atoms with Crippen LogP contribution in [0, 0.1) is 0 Å². The highest BCUT2D eigenvalue weighted by atomic mass is 16.3. The van der Waals surface area contributed by atoms with E-state index in [9.17, 15) is 9.90 Å². The zero-order chi connectivity index (χ0) is 18.2. The molecule has 0 spiro atoms. The van der Waals surface area contributed by atoms with Crippen LogP contribution in [-0.2, 0) is 11.3 Å². The molecule has 1 heterocycles. The molecule has 0 radical (unpaired) electrons. The van der Waals surface area contributed by atoms with Gasteiger partial charge in [0.15, 0.2) is 0 Å². The highest BCUT2D eigenvalue weighted by Crippen LogP contribution is 2.09. The van der Waals surface area contributed by atoms with Gasteiger partial charge < -0.3 is 5.11 Å². The van der Waals surface area contributed by atoms with Gasteiger partial charge in [-0.2, -0.15) is 5.10 Å². The Hall–Kier alpha value is -2.70. The third-order valence-electron chi connectivity index (χ3n) is 4.35. The van der Waals surface area contributed by atoms with Crippen LogP contribution < -0.4 is 5.43 Å². The summed E-state index contributed by atoms with van der Waals surface area (Å²) in [6.45, 7) is 4.95. The molecule has 2 N–H and O–H groups in total. The Labute approximate surface area is 153 Å². The molecule has 3 rings (SSSR count). The van der Waals surface area contributed by atoms with Crippen molar-refractivity contribution in [2.75, 3.05) is 32.7 Å². The average Bonchev–Trinajstić information content (AvgIpc) is 2.64. The number of hydrogen-bond donors (Lipinski definition) is 2. The summed E-state index contributed by atoms with van der Waals surface area (Å²) < 4.78 is 0. The minimum atomic E-state index is -0.127. The molecule has 1 amide bonds. The van der Waals surface area contributed by atoms with Crippen LogP contribution in [0.15, 0.2) is 59.7 Å². The highest BCUT2D eigenvalue weighted by Gasteiger charge is 2.18. The Morgan fingerprint density at radius 1 is 1.04 bits per heavy atom. The van der Waals surface area contributed by atoms with Crippen molar-refractivity contribution in [3.63, 3.8) is 0 Å². The van der Waals surface area contributed by atoms with Crippen LogP contribution in [0.4, 0.5) is 0 Å². The van der Waals surface area contributed by atoms with Gasteiger partial charge >= 0.3 is 0 Å². The van der Waals surface area contributed by atoms with E-state index in [1.54, 1.807) is 24.3 Å². The monoisotopic (exact) mass is 352 g/mol. The van der Waals surface area contributed by atoms with Crippen molar-refractivity contribution in [2.45, 2.75) is 6.54 Å². The van der Waals surface area contributed by atoms with Gasteiger partial charge in [0, 0.05) is 32.7 Å². The normalized spacial score (nSPS) is 16.0. The number of carbonyl (C=O) groups excluding carboxylic acids is 1. The molecule has 0 aliphatic carbocycles. The highest BCUT2D eigenvalue weighted by molar-refractivity contribution is 5.83. The number of hydrazone groups is 1. The SMILES string of the molecule is O=C(CN1CCN(Cc2ccccc2)CC1)N/N=C/c1cccc(O)c1. The van der Waals surface area contributed by atoms with Crippen LogP contribution in [-0.4, -0.2) is 59.8 Å². The Bertz CT molecular complexity index is 740. The molecule has 6 heteroatoms. The lowest BCUT2D eigenvalue weighted by Gasteiger charge is -2.34. The van der Waals surface area contributed by atoms with Gasteiger partial charge in [0.25, 0.3) is 5.91 Å². The maximum absolute atomic E-state index is 12.0. The second kappa shape index (κ2) is 9.12. The van der Waals surface area contributed by atoms with E-state index in [2.05, 4.69) is 44.6 Å². The van der Waals surface area contributed by atoms with Crippen LogP contribution in [0.5, 0.6) is 5.75 Å². The van der Waals surface area contributed by atoms with Crippen molar-refractivity contribution in [1.82, 2.24) is 15.2 Å². The quantitative estimate of drug-likeness (QED) is 0.613. The number of nitrogens with one attached hydrogen (secondary N) is 1. The molecule has 1 saturated heterocycles. The number of nitrogens with zero attached hydrogens (tertiary/aromatic N) is 3. The molecule has 2 aromatic carbocycles. The van der Waals surface area contributed by atoms with E-state index < -0.39 is 0 Å². The van der Waals surface area contributed by atoms with Gasteiger partial charge in [-0.25, -0.2) is 5.43 Å². The smallest absolute Gasteiger partial charge is 0.254 e. The molecule has 0 saturated carbocycles. The van der Waals surface area contributed by atoms with Crippen molar-refractivity contribution in [3.05, 3.63) is 65.7 Å². The summed E-state index contributed by atoms with van der Waals surface area (Å²) in [7, 11) is 0. The molecule has 6 nitrogen and oxygen atoms in total. The van der Waals surface area contributed by atoms with Gasteiger partial charge in [0.05, 0.1) is 12.8 Å². The number of rotatable bonds is 6. The topological polar surface area (TPSA) is 68.2 Å². The summed E-state index contributed by atoms with van der Waals surface area (Å²) in [5.41, 5.74) is 4.60. The van der Waals surface area contributed by atoms with Crippen molar-refractivity contribution < 1.29 is 9.90 Å². The lowest BCUT2D eigenvalue weighted by molar-refractivity contribution is -0.122. The largest absolute Gasteiger partial charge is 0.508 e. The molecule has 1 fully saturated rings. The van der Waals surface area contributed by atoms with Gasteiger partial charge in [0.2, 0.25) is 0 Å². The average molecular weight is 352 g/mol. The first-order valence-corrected chi connectivity index (χ1v) is 8.78. The number of piperazine rings is 1. The Morgan fingerprint density at radius 2 is 1.77 bits per heavy atom. The number of carbonyl (C=O) groups is 1. The molecule has 136 valence electrons. The fraction of sp³-hybridized carbons (Fsp3) is 0.300. The second-order valence-corrected chi connectivity index (χ2v) is 6.43.